The Balaban J connectivity index is 2.60. The van der Waals surface area contributed by atoms with Gasteiger partial charge in [-0.3, -0.25) is 0 Å². The first-order valence-corrected chi connectivity index (χ1v) is 4.72. The van der Waals surface area contributed by atoms with Crippen LogP contribution in [0, 0.1) is 0 Å². The summed E-state index contributed by atoms with van der Waals surface area (Å²) < 4.78 is 0. The molecule has 0 fully saturated rings. The van der Waals surface area contributed by atoms with Crippen LogP contribution in [0.2, 0.25) is 0 Å². The van der Waals surface area contributed by atoms with Gasteiger partial charge in [-0.25, -0.2) is 0 Å². The summed E-state index contributed by atoms with van der Waals surface area (Å²) in [6.45, 7) is 0.929. The van der Waals surface area contributed by atoms with Crippen LogP contribution in [0.4, 0.5) is 17.8 Å². The van der Waals surface area contributed by atoms with Gasteiger partial charge in [-0.15, -0.1) is 0 Å². The molecule has 7 nitrogen and oxygen atoms in total. The molecule has 84 valence electrons. The topological polar surface area (TPSA) is 114 Å². The third-order valence-corrected chi connectivity index (χ3v) is 1.90. The summed E-state index contributed by atoms with van der Waals surface area (Å²) >= 11 is 0. The Bertz CT molecular complexity index is 298. The molecule has 0 aromatic carbocycles. The van der Waals surface area contributed by atoms with Gasteiger partial charge < -0.3 is 21.5 Å². The molecule has 15 heavy (non-hydrogen) atoms. The van der Waals surface area contributed by atoms with Crippen molar-refractivity contribution in [3.63, 3.8) is 0 Å². The van der Waals surface area contributed by atoms with Gasteiger partial charge in [-0.1, -0.05) is 0 Å². The Morgan fingerprint density at radius 1 is 1.13 bits per heavy atom. The normalized spacial score (nSPS) is 10.3. The Kier molecular flexibility index (Phi) is 4.04. The summed E-state index contributed by atoms with van der Waals surface area (Å²) in [5.41, 5.74) is 10.9. The summed E-state index contributed by atoms with van der Waals surface area (Å²) in [5, 5.41) is 8.64. The summed E-state index contributed by atoms with van der Waals surface area (Å²) in [6, 6.07) is 0. The van der Waals surface area contributed by atoms with Crippen molar-refractivity contribution in [1.82, 2.24) is 15.0 Å². The van der Waals surface area contributed by atoms with Gasteiger partial charge in [0.25, 0.3) is 0 Å². The van der Waals surface area contributed by atoms with Gasteiger partial charge in [0.05, 0.1) is 0 Å². The molecule has 0 aliphatic heterocycles. The van der Waals surface area contributed by atoms with Crippen molar-refractivity contribution in [2.75, 3.05) is 36.6 Å². The van der Waals surface area contributed by atoms with Gasteiger partial charge >= 0.3 is 0 Å². The minimum Gasteiger partial charge on any atom is -0.396 e. The summed E-state index contributed by atoms with van der Waals surface area (Å²) in [4.78, 5) is 13.4. The Labute approximate surface area is 88.1 Å². The molecule has 7 heteroatoms. The fraction of sp³-hybridized carbons (Fsp3) is 0.625. The van der Waals surface area contributed by atoms with Crippen LogP contribution in [0.15, 0.2) is 0 Å². The lowest BCUT2D eigenvalue weighted by atomic mass is 10.3. The molecule has 0 saturated heterocycles. The number of nitrogens with zero attached hydrogens (tertiary/aromatic N) is 4. The van der Waals surface area contributed by atoms with Crippen molar-refractivity contribution in [2.45, 2.75) is 12.8 Å². The molecule has 0 aliphatic rings. The van der Waals surface area contributed by atoms with E-state index in [2.05, 4.69) is 15.0 Å². The number of nitrogens with two attached hydrogens (primary N) is 2. The molecule has 1 aromatic rings. The molecule has 1 aromatic heterocycles. The zero-order valence-electron chi connectivity index (χ0n) is 8.72. The van der Waals surface area contributed by atoms with Crippen molar-refractivity contribution >= 4 is 17.8 Å². The van der Waals surface area contributed by atoms with Crippen molar-refractivity contribution in [3.8, 4) is 0 Å². The number of aromatic nitrogens is 3. The van der Waals surface area contributed by atoms with Crippen molar-refractivity contribution in [2.24, 2.45) is 0 Å². The number of nitrogen functional groups attached to an aromatic ring is 2. The smallest absolute Gasteiger partial charge is 0.231 e. The Hall–Kier alpha value is -1.63. The van der Waals surface area contributed by atoms with E-state index in [0.717, 1.165) is 19.4 Å². The van der Waals surface area contributed by atoms with Crippen LogP contribution < -0.4 is 16.4 Å². The molecule has 0 atom stereocenters. The highest BCUT2D eigenvalue weighted by atomic mass is 16.2. The van der Waals surface area contributed by atoms with Crippen LogP contribution in [0.1, 0.15) is 12.8 Å². The van der Waals surface area contributed by atoms with E-state index in [9.17, 15) is 0 Å². The number of unbranched alkanes of at least 4 members (excludes halogenated alkanes) is 1. The molecule has 0 unspecified atom stereocenters. The standard InChI is InChI=1S/C8H16N6O/c1-14(4-2-3-5-15)8-12-6(9)11-7(10)13-8/h15H,2-5H2,1H3,(H4,9,10,11,12,13). The molecule has 0 amide bonds. The molecule has 1 heterocycles. The largest absolute Gasteiger partial charge is 0.396 e. The van der Waals surface area contributed by atoms with E-state index in [0.29, 0.717) is 5.95 Å². The second kappa shape index (κ2) is 5.30. The first-order chi connectivity index (χ1) is 7.13. The number of rotatable bonds is 5. The lowest BCUT2D eigenvalue weighted by molar-refractivity contribution is 0.285. The van der Waals surface area contributed by atoms with Crippen molar-refractivity contribution in [1.29, 1.82) is 0 Å². The van der Waals surface area contributed by atoms with E-state index < -0.39 is 0 Å². The third-order valence-electron chi connectivity index (χ3n) is 1.90. The van der Waals surface area contributed by atoms with Crippen molar-refractivity contribution in [3.05, 3.63) is 0 Å². The van der Waals surface area contributed by atoms with Gasteiger partial charge in [0, 0.05) is 20.2 Å². The van der Waals surface area contributed by atoms with Crippen LogP contribution in [-0.2, 0) is 0 Å². The third kappa shape index (κ3) is 3.55. The minimum absolute atomic E-state index is 0.117. The number of aliphatic hydroxyl groups excluding tert-OH is 1. The Morgan fingerprint density at radius 2 is 1.73 bits per heavy atom. The average Bonchev–Trinajstić information content (AvgIpc) is 2.16. The van der Waals surface area contributed by atoms with Gasteiger partial charge in [0.2, 0.25) is 17.8 Å². The van der Waals surface area contributed by atoms with E-state index >= 15 is 0 Å². The van der Waals surface area contributed by atoms with Crippen LogP contribution in [-0.4, -0.2) is 40.3 Å². The van der Waals surface area contributed by atoms with Gasteiger partial charge in [-0.05, 0) is 12.8 Å². The highest BCUT2D eigenvalue weighted by Crippen LogP contribution is 2.08. The van der Waals surface area contributed by atoms with E-state index in [1.165, 1.54) is 0 Å². The van der Waals surface area contributed by atoms with Crippen LogP contribution in [0.5, 0.6) is 0 Å². The molecule has 5 N–H and O–H groups in total. The lowest BCUT2D eigenvalue weighted by Gasteiger charge is -2.16. The van der Waals surface area contributed by atoms with E-state index in [1.807, 2.05) is 11.9 Å². The molecule has 1 rings (SSSR count). The maximum atomic E-state index is 8.64. The van der Waals surface area contributed by atoms with Crippen LogP contribution in [0.25, 0.3) is 0 Å². The quantitative estimate of drug-likeness (QED) is 0.550. The second-order valence-electron chi connectivity index (χ2n) is 3.20. The highest BCUT2D eigenvalue weighted by molar-refractivity contribution is 5.38. The maximum absolute atomic E-state index is 8.64. The molecular formula is C8H16N6O. The number of anilines is 3. The maximum Gasteiger partial charge on any atom is 0.231 e. The predicted molar refractivity (Wildman–Crippen MR) is 58.2 cm³/mol. The van der Waals surface area contributed by atoms with E-state index in [-0.39, 0.29) is 18.5 Å². The molecule has 0 aliphatic carbocycles. The minimum atomic E-state index is 0.117. The summed E-state index contributed by atoms with van der Waals surface area (Å²) in [5.74, 6) is 0.691. The zero-order valence-corrected chi connectivity index (χ0v) is 8.72. The van der Waals surface area contributed by atoms with Crippen LogP contribution >= 0.6 is 0 Å². The second-order valence-corrected chi connectivity index (χ2v) is 3.20. The van der Waals surface area contributed by atoms with E-state index in [4.69, 9.17) is 16.6 Å². The summed E-state index contributed by atoms with van der Waals surface area (Å²) in [7, 11) is 1.84. The van der Waals surface area contributed by atoms with Gasteiger partial charge in [0.1, 0.15) is 0 Å². The monoisotopic (exact) mass is 212 g/mol. The summed E-state index contributed by atoms with van der Waals surface area (Å²) in [6.07, 6.45) is 1.61. The SMILES string of the molecule is CN(CCCCO)c1nc(N)nc(N)n1. The number of aliphatic hydroxyl groups is 1. The Morgan fingerprint density at radius 3 is 2.27 bits per heavy atom. The predicted octanol–water partition coefficient (Wildman–Crippen LogP) is -0.755. The first-order valence-electron chi connectivity index (χ1n) is 4.72. The molecular weight excluding hydrogens is 196 g/mol. The fourth-order valence-corrected chi connectivity index (χ4v) is 1.13. The van der Waals surface area contributed by atoms with Gasteiger partial charge in [0.15, 0.2) is 0 Å². The average molecular weight is 212 g/mol. The number of hydrogen-bond donors (Lipinski definition) is 3. The molecule has 0 spiro atoms. The molecule has 0 saturated carbocycles. The fourth-order valence-electron chi connectivity index (χ4n) is 1.13. The van der Waals surface area contributed by atoms with Crippen LogP contribution in [0.3, 0.4) is 0 Å². The first kappa shape index (κ1) is 11.4. The zero-order chi connectivity index (χ0) is 11.3. The number of hydrogen-bond acceptors (Lipinski definition) is 7. The molecule has 0 bridgehead atoms. The lowest BCUT2D eigenvalue weighted by Crippen LogP contribution is -2.22. The van der Waals surface area contributed by atoms with Crippen molar-refractivity contribution < 1.29 is 5.11 Å². The molecule has 0 radical (unpaired) electrons. The van der Waals surface area contributed by atoms with E-state index in [1.54, 1.807) is 0 Å². The highest BCUT2D eigenvalue weighted by Gasteiger charge is 2.06. The van der Waals surface area contributed by atoms with Gasteiger partial charge in [-0.2, -0.15) is 15.0 Å².